The molecule has 0 radical (unpaired) electrons. The minimum absolute atomic E-state index is 0.107. The molecule has 120 valence electrons. The van der Waals surface area contributed by atoms with E-state index in [4.69, 9.17) is 0 Å². The molecule has 0 aromatic heterocycles. The van der Waals surface area contributed by atoms with Gasteiger partial charge in [0.15, 0.2) is 0 Å². The van der Waals surface area contributed by atoms with Gasteiger partial charge < -0.3 is 10.4 Å². The molecule has 20 heavy (non-hydrogen) atoms. The molecule has 1 heterocycles. The average Bonchev–Trinajstić information content (AvgIpc) is 2.50. The molecule has 2 heteroatoms. The van der Waals surface area contributed by atoms with Crippen LogP contribution in [0, 0.1) is 0 Å². The second kappa shape index (κ2) is 12.6. The topological polar surface area (TPSA) is 32.3 Å². The van der Waals surface area contributed by atoms with Crippen molar-refractivity contribution in [2.24, 2.45) is 0 Å². The lowest BCUT2D eigenvalue weighted by Gasteiger charge is -2.28. The second-order valence-corrected chi connectivity index (χ2v) is 6.59. The monoisotopic (exact) mass is 283 g/mol. The highest BCUT2D eigenvalue weighted by atomic mass is 16.3. The fourth-order valence-electron chi connectivity index (χ4n) is 3.25. The summed E-state index contributed by atoms with van der Waals surface area (Å²) in [5, 5.41) is 13.6. The first-order valence-corrected chi connectivity index (χ1v) is 9.26. The van der Waals surface area contributed by atoms with E-state index in [9.17, 15) is 5.11 Å². The molecule has 0 saturated carbocycles. The Balaban J connectivity index is 1.82. The molecular weight excluding hydrogens is 246 g/mol. The average molecular weight is 283 g/mol. The van der Waals surface area contributed by atoms with Gasteiger partial charge in [0.1, 0.15) is 0 Å². The molecule has 0 spiro atoms. The van der Waals surface area contributed by atoms with Crippen LogP contribution in [0.5, 0.6) is 0 Å². The Bertz CT molecular complexity index is 202. The van der Waals surface area contributed by atoms with Gasteiger partial charge in [-0.3, -0.25) is 0 Å². The van der Waals surface area contributed by atoms with E-state index < -0.39 is 0 Å². The number of hydrogen-bond acceptors (Lipinski definition) is 2. The highest BCUT2D eigenvalue weighted by Gasteiger charge is 2.20. The lowest BCUT2D eigenvalue weighted by atomic mass is 9.96. The molecule has 1 fully saturated rings. The van der Waals surface area contributed by atoms with E-state index in [0.717, 1.165) is 13.0 Å². The smallest absolute Gasteiger partial charge is 0.0693 e. The van der Waals surface area contributed by atoms with Gasteiger partial charge in [0, 0.05) is 6.04 Å². The third-order valence-electron chi connectivity index (χ3n) is 4.67. The molecule has 1 aliphatic heterocycles. The summed E-state index contributed by atoms with van der Waals surface area (Å²) in [5.41, 5.74) is 0. The van der Waals surface area contributed by atoms with Gasteiger partial charge in [-0.2, -0.15) is 0 Å². The van der Waals surface area contributed by atoms with E-state index in [-0.39, 0.29) is 6.10 Å². The molecule has 2 N–H and O–H groups in total. The Kier molecular flexibility index (Phi) is 11.4. The van der Waals surface area contributed by atoms with Gasteiger partial charge in [0.2, 0.25) is 0 Å². The predicted octanol–water partition coefficient (Wildman–Crippen LogP) is 4.80. The summed E-state index contributed by atoms with van der Waals surface area (Å²) in [7, 11) is 0. The summed E-state index contributed by atoms with van der Waals surface area (Å²) in [4.78, 5) is 0. The zero-order valence-electron chi connectivity index (χ0n) is 13.7. The molecule has 1 rings (SSSR count). The second-order valence-electron chi connectivity index (χ2n) is 6.59. The summed E-state index contributed by atoms with van der Waals surface area (Å²) in [6.45, 7) is 3.37. The molecule has 1 saturated heterocycles. The Morgan fingerprint density at radius 2 is 1.50 bits per heavy atom. The standard InChI is InChI=1S/C18H37NO/c1-2-3-4-5-6-7-8-9-10-11-15-18(20)17-14-12-13-16-19-17/h17-20H,2-16H2,1H3. The molecule has 0 bridgehead atoms. The van der Waals surface area contributed by atoms with Crippen molar-refractivity contribution in [3.63, 3.8) is 0 Å². The summed E-state index contributed by atoms with van der Waals surface area (Å²) in [5.74, 6) is 0. The normalized spacial score (nSPS) is 21.0. The van der Waals surface area contributed by atoms with Gasteiger partial charge in [-0.05, 0) is 25.8 Å². The first-order chi connectivity index (χ1) is 9.84. The third-order valence-corrected chi connectivity index (χ3v) is 4.67. The summed E-state index contributed by atoms with van der Waals surface area (Å²) in [6.07, 6.45) is 18.3. The van der Waals surface area contributed by atoms with Crippen molar-refractivity contribution in [3.05, 3.63) is 0 Å². The van der Waals surface area contributed by atoms with Gasteiger partial charge in [0.05, 0.1) is 6.10 Å². The number of aliphatic hydroxyl groups is 1. The summed E-state index contributed by atoms with van der Waals surface area (Å²) in [6, 6.07) is 0.377. The first kappa shape index (κ1) is 18.0. The molecular formula is C18H37NO. The Morgan fingerprint density at radius 3 is 2.05 bits per heavy atom. The molecule has 2 unspecified atom stereocenters. The van der Waals surface area contributed by atoms with Crippen LogP contribution in [0.15, 0.2) is 0 Å². The van der Waals surface area contributed by atoms with Crippen LogP contribution in [-0.2, 0) is 0 Å². The van der Waals surface area contributed by atoms with Crippen molar-refractivity contribution in [2.45, 2.75) is 109 Å². The van der Waals surface area contributed by atoms with Gasteiger partial charge in [-0.15, -0.1) is 0 Å². The van der Waals surface area contributed by atoms with E-state index in [1.165, 1.54) is 83.5 Å². The lowest BCUT2D eigenvalue weighted by molar-refractivity contribution is 0.102. The van der Waals surface area contributed by atoms with Crippen molar-refractivity contribution in [1.82, 2.24) is 5.32 Å². The molecule has 1 aliphatic rings. The molecule has 2 nitrogen and oxygen atoms in total. The van der Waals surface area contributed by atoms with Crippen molar-refractivity contribution in [3.8, 4) is 0 Å². The van der Waals surface area contributed by atoms with E-state index in [2.05, 4.69) is 12.2 Å². The zero-order valence-corrected chi connectivity index (χ0v) is 13.7. The minimum Gasteiger partial charge on any atom is -0.392 e. The van der Waals surface area contributed by atoms with E-state index in [1.807, 2.05) is 0 Å². The van der Waals surface area contributed by atoms with Crippen LogP contribution in [-0.4, -0.2) is 23.8 Å². The van der Waals surface area contributed by atoms with Crippen molar-refractivity contribution >= 4 is 0 Å². The van der Waals surface area contributed by atoms with Crippen molar-refractivity contribution < 1.29 is 5.11 Å². The van der Waals surface area contributed by atoms with Crippen LogP contribution in [0.25, 0.3) is 0 Å². The maximum atomic E-state index is 10.1. The maximum Gasteiger partial charge on any atom is 0.0693 e. The quantitative estimate of drug-likeness (QED) is 0.504. The molecule has 0 aromatic rings. The number of aliphatic hydroxyl groups excluding tert-OH is 1. The van der Waals surface area contributed by atoms with Crippen LogP contribution in [0.3, 0.4) is 0 Å². The number of hydrogen-bond donors (Lipinski definition) is 2. The van der Waals surface area contributed by atoms with Crippen molar-refractivity contribution in [2.75, 3.05) is 6.54 Å². The first-order valence-electron chi connectivity index (χ1n) is 9.26. The summed E-state index contributed by atoms with van der Waals surface area (Å²) < 4.78 is 0. The highest BCUT2D eigenvalue weighted by molar-refractivity contribution is 4.79. The SMILES string of the molecule is CCCCCCCCCCCCC(O)C1CCCCN1. The number of nitrogens with one attached hydrogen (secondary N) is 1. The molecule has 0 amide bonds. The van der Waals surface area contributed by atoms with Crippen LogP contribution >= 0.6 is 0 Å². The third kappa shape index (κ3) is 8.97. The minimum atomic E-state index is -0.107. The van der Waals surface area contributed by atoms with Crippen LogP contribution in [0.2, 0.25) is 0 Å². The van der Waals surface area contributed by atoms with E-state index in [1.54, 1.807) is 0 Å². The fraction of sp³-hybridized carbons (Fsp3) is 1.00. The van der Waals surface area contributed by atoms with Gasteiger partial charge in [0.25, 0.3) is 0 Å². The summed E-state index contributed by atoms with van der Waals surface area (Å²) >= 11 is 0. The Labute approximate surface area is 126 Å². The van der Waals surface area contributed by atoms with E-state index in [0.29, 0.717) is 6.04 Å². The lowest BCUT2D eigenvalue weighted by Crippen LogP contribution is -2.43. The Morgan fingerprint density at radius 1 is 0.900 bits per heavy atom. The van der Waals surface area contributed by atoms with Crippen LogP contribution < -0.4 is 5.32 Å². The predicted molar refractivity (Wildman–Crippen MR) is 88.1 cm³/mol. The maximum absolute atomic E-state index is 10.1. The number of rotatable bonds is 12. The molecule has 0 aromatic carbocycles. The number of piperidine rings is 1. The van der Waals surface area contributed by atoms with E-state index >= 15 is 0 Å². The van der Waals surface area contributed by atoms with Crippen LogP contribution in [0.1, 0.15) is 96.8 Å². The largest absolute Gasteiger partial charge is 0.392 e. The van der Waals surface area contributed by atoms with Crippen LogP contribution in [0.4, 0.5) is 0 Å². The number of unbranched alkanes of at least 4 members (excludes halogenated alkanes) is 9. The molecule has 0 aliphatic carbocycles. The zero-order chi connectivity index (χ0) is 14.5. The Hall–Kier alpha value is -0.0800. The van der Waals surface area contributed by atoms with Gasteiger partial charge >= 0.3 is 0 Å². The highest BCUT2D eigenvalue weighted by Crippen LogP contribution is 2.16. The molecule has 2 atom stereocenters. The van der Waals surface area contributed by atoms with Gasteiger partial charge in [-0.25, -0.2) is 0 Å². The fourth-order valence-corrected chi connectivity index (χ4v) is 3.25. The van der Waals surface area contributed by atoms with Crippen molar-refractivity contribution in [1.29, 1.82) is 0 Å². The van der Waals surface area contributed by atoms with Gasteiger partial charge in [-0.1, -0.05) is 77.6 Å².